The SMILES string of the molecule is O=c1c2ccccc2nc(-c2cccc(C(F)(F)F)c2)n1N=Cc1cccn1-c1cccc(C(F)(F)F)c1. The third-order valence-electron chi connectivity index (χ3n) is 5.74. The number of alkyl halides is 6. The van der Waals surface area contributed by atoms with Gasteiger partial charge in [0.1, 0.15) is 0 Å². The van der Waals surface area contributed by atoms with Gasteiger partial charge in [-0.2, -0.15) is 36.1 Å². The topological polar surface area (TPSA) is 52.2 Å². The summed E-state index contributed by atoms with van der Waals surface area (Å²) < 4.78 is 82.0. The van der Waals surface area contributed by atoms with Crippen molar-refractivity contribution < 1.29 is 26.3 Å². The highest BCUT2D eigenvalue weighted by atomic mass is 19.4. The van der Waals surface area contributed by atoms with E-state index in [0.29, 0.717) is 5.69 Å². The van der Waals surface area contributed by atoms with Gasteiger partial charge in [0.15, 0.2) is 5.82 Å². The van der Waals surface area contributed by atoms with Crippen molar-refractivity contribution in [3.8, 4) is 17.1 Å². The molecule has 0 atom stereocenters. The first-order valence-corrected chi connectivity index (χ1v) is 11.1. The van der Waals surface area contributed by atoms with E-state index < -0.39 is 29.0 Å². The third kappa shape index (κ3) is 4.82. The Kier molecular flexibility index (Phi) is 6.14. The second-order valence-electron chi connectivity index (χ2n) is 8.24. The summed E-state index contributed by atoms with van der Waals surface area (Å²) in [6.07, 6.45) is -6.41. The van der Waals surface area contributed by atoms with E-state index in [4.69, 9.17) is 0 Å². The van der Waals surface area contributed by atoms with E-state index in [1.807, 2.05) is 0 Å². The number of aromatic nitrogens is 3. The molecule has 0 fully saturated rings. The Hall–Kier alpha value is -4.67. The van der Waals surface area contributed by atoms with E-state index in [2.05, 4.69) is 10.1 Å². The maximum Gasteiger partial charge on any atom is 0.416 e. The van der Waals surface area contributed by atoms with Crippen LogP contribution in [0.3, 0.4) is 0 Å². The fourth-order valence-corrected chi connectivity index (χ4v) is 3.94. The third-order valence-corrected chi connectivity index (χ3v) is 5.74. The average Bonchev–Trinajstić information content (AvgIpc) is 3.36. The van der Waals surface area contributed by atoms with E-state index in [9.17, 15) is 31.1 Å². The van der Waals surface area contributed by atoms with Crippen LogP contribution >= 0.6 is 0 Å². The van der Waals surface area contributed by atoms with Crippen LogP contribution in [0.5, 0.6) is 0 Å². The van der Waals surface area contributed by atoms with Crippen molar-refractivity contribution in [2.24, 2.45) is 5.10 Å². The largest absolute Gasteiger partial charge is 0.416 e. The van der Waals surface area contributed by atoms with Crippen molar-refractivity contribution in [2.45, 2.75) is 12.4 Å². The van der Waals surface area contributed by atoms with Crippen LogP contribution in [-0.2, 0) is 12.4 Å². The van der Waals surface area contributed by atoms with Crippen LogP contribution in [0, 0.1) is 0 Å². The molecule has 0 spiro atoms. The van der Waals surface area contributed by atoms with Gasteiger partial charge in [-0.1, -0.05) is 30.3 Å². The monoisotopic (exact) mass is 526 g/mol. The number of para-hydroxylation sites is 1. The zero-order chi connectivity index (χ0) is 27.1. The summed E-state index contributed by atoms with van der Waals surface area (Å²) in [6, 6.07) is 18.5. The maximum absolute atomic E-state index is 13.4. The van der Waals surface area contributed by atoms with E-state index in [-0.39, 0.29) is 28.0 Å². The van der Waals surface area contributed by atoms with Crippen LogP contribution in [0.25, 0.3) is 28.0 Å². The molecule has 0 amide bonds. The fraction of sp³-hybridized carbons (Fsp3) is 0.0741. The highest BCUT2D eigenvalue weighted by Gasteiger charge is 2.31. The molecule has 2 aromatic heterocycles. The summed E-state index contributed by atoms with van der Waals surface area (Å²) in [6.45, 7) is 0. The first-order chi connectivity index (χ1) is 18.0. The molecule has 3 aromatic carbocycles. The van der Waals surface area contributed by atoms with Gasteiger partial charge in [0.05, 0.1) is 33.9 Å². The van der Waals surface area contributed by atoms with Crippen LogP contribution in [0.4, 0.5) is 26.3 Å². The molecule has 0 aliphatic heterocycles. The summed E-state index contributed by atoms with van der Waals surface area (Å²) in [7, 11) is 0. The zero-order valence-corrected chi connectivity index (χ0v) is 19.2. The molecule has 0 bridgehead atoms. The van der Waals surface area contributed by atoms with Crippen molar-refractivity contribution in [1.29, 1.82) is 0 Å². The van der Waals surface area contributed by atoms with E-state index >= 15 is 0 Å². The fourth-order valence-electron chi connectivity index (χ4n) is 3.94. The van der Waals surface area contributed by atoms with Gasteiger partial charge < -0.3 is 4.57 Å². The summed E-state index contributed by atoms with van der Waals surface area (Å²) in [4.78, 5) is 17.7. The summed E-state index contributed by atoms with van der Waals surface area (Å²) in [5.74, 6) is -0.131. The molecule has 0 radical (unpaired) electrons. The Morgan fingerprint density at radius 3 is 2.18 bits per heavy atom. The molecule has 11 heteroatoms. The number of nitrogens with zero attached hydrogens (tertiary/aromatic N) is 4. The molecule has 5 aromatic rings. The number of rotatable bonds is 4. The lowest BCUT2D eigenvalue weighted by Crippen LogP contribution is -2.20. The van der Waals surface area contributed by atoms with Crippen molar-refractivity contribution in [1.82, 2.24) is 14.2 Å². The lowest BCUT2D eigenvalue weighted by Gasteiger charge is -2.13. The van der Waals surface area contributed by atoms with Crippen LogP contribution in [0.1, 0.15) is 16.8 Å². The zero-order valence-electron chi connectivity index (χ0n) is 19.2. The summed E-state index contributed by atoms with van der Waals surface area (Å²) in [5, 5.41) is 4.40. The normalized spacial score (nSPS) is 12.5. The molecule has 0 unspecified atom stereocenters. The molecule has 192 valence electrons. The van der Waals surface area contributed by atoms with Crippen molar-refractivity contribution in [2.75, 3.05) is 0 Å². The predicted octanol–water partition coefficient (Wildman–Crippen LogP) is 6.77. The predicted molar refractivity (Wildman–Crippen MR) is 130 cm³/mol. The van der Waals surface area contributed by atoms with Crippen LogP contribution in [-0.4, -0.2) is 20.4 Å². The van der Waals surface area contributed by atoms with Crippen molar-refractivity contribution >= 4 is 17.1 Å². The van der Waals surface area contributed by atoms with Crippen molar-refractivity contribution in [3.05, 3.63) is 118 Å². The molecule has 0 saturated heterocycles. The standard InChI is InChI=1S/C27H16F6N4O/c28-26(29,30)18-7-3-6-17(14-18)24-35-23-12-2-1-11-22(23)25(38)37(24)34-16-21-10-5-13-36(21)20-9-4-8-19(15-20)27(31,32)33/h1-16H. The van der Waals surface area contributed by atoms with Gasteiger partial charge in [0.2, 0.25) is 0 Å². The minimum atomic E-state index is -4.62. The number of benzene rings is 3. The highest BCUT2D eigenvalue weighted by Crippen LogP contribution is 2.32. The quantitative estimate of drug-likeness (QED) is 0.192. The van der Waals surface area contributed by atoms with Gasteiger partial charge in [0, 0.05) is 17.4 Å². The highest BCUT2D eigenvalue weighted by molar-refractivity contribution is 5.81. The van der Waals surface area contributed by atoms with Crippen LogP contribution in [0.2, 0.25) is 0 Å². The van der Waals surface area contributed by atoms with E-state index in [1.54, 1.807) is 30.3 Å². The number of hydrogen-bond acceptors (Lipinski definition) is 3. The summed E-state index contributed by atoms with van der Waals surface area (Å²) >= 11 is 0. The van der Waals surface area contributed by atoms with Gasteiger partial charge >= 0.3 is 12.4 Å². The van der Waals surface area contributed by atoms with Crippen molar-refractivity contribution in [3.63, 3.8) is 0 Å². The molecule has 38 heavy (non-hydrogen) atoms. The van der Waals surface area contributed by atoms with Gasteiger partial charge in [0.25, 0.3) is 5.56 Å². The second-order valence-corrected chi connectivity index (χ2v) is 8.24. The first-order valence-electron chi connectivity index (χ1n) is 11.1. The molecule has 0 aliphatic carbocycles. The lowest BCUT2D eigenvalue weighted by atomic mass is 10.1. The minimum Gasteiger partial charge on any atom is -0.316 e. The maximum atomic E-state index is 13.4. The minimum absolute atomic E-state index is 0.00749. The van der Waals surface area contributed by atoms with Crippen LogP contribution < -0.4 is 5.56 Å². The van der Waals surface area contributed by atoms with Gasteiger partial charge in [-0.25, -0.2) is 4.98 Å². The van der Waals surface area contributed by atoms with Gasteiger partial charge in [-0.15, -0.1) is 0 Å². The molecule has 0 aliphatic rings. The van der Waals surface area contributed by atoms with Gasteiger partial charge in [-0.3, -0.25) is 4.79 Å². The molecule has 0 N–H and O–H groups in total. The first kappa shape index (κ1) is 25.0. The number of hydrogen-bond donors (Lipinski definition) is 0. The molecule has 5 nitrogen and oxygen atoms in total. The van der Waals surface area contributed by atoms with E-state index in [1.165, 1.54) is 47.3 Å². The number of halogens is 6. The van der Waals surface area contributed by atoms with Crippen LogP contribution in [0.15, 0.2) is 101 Å². The molecular formula is C27H16F6N4O. The summed E-state index contributed by atoms with van der Waals surface area (Å²) in [5.41, 5.74) is -1.60. The smallest absolute Gasteiger partial charge is 0.316 e. The Bertz CT molecular complexity index is 1730. The molecule has 5 rings (SSSR count). The second kappa shape index (κ2) is 9.33. The number of fused-ring (bicyclic) bond motifs is 1. The Labute approximate surface area is 210 Å². The Morgan fingerprint density at radius 2 is 1.45 bits per heavy atom. The Morgan fingerprint density at radius 1 is 0.763 bits per heavy atom. The van der Waals surface area contributed by atoms with E-state index in [0.717, 1.165) is 28.9 Å². The Balaban J connectivity index is 1.65. The molecule has 2 heterocycles. The lowest BCUT2D eigenvalue weighted by molar-refractivity contribution is -0.138. The molecular weight excluding hydrogens is 510 g/mol. The average molecular weight is 526 g/mol. The van der Waals surface area contributed by atoms with Gasteiger partial charge in [-0.05, 0) is 54.6 Å². The molecule has 0 saturated carbocycles.